The molecule has 5 aromatic rings. The number of nitrogens with two attached hydrogens (primary N) is 1. The molecule has 10 rings (SSSR count). The minimum absolute atomic E-state index is 0.0124. The second-order valence-corrected chi connectivity index (χ2v) is 21.4. The second-order valence-electron chi connectivity index (χ2n) is 21.1. The van der Waals surface area contributed by atoms with E-state index in [0.29, 0.717) is 48.4 Å². The Morgan fingerprint density at radius 1 is 0.959 bits per heavy atom. The average molecular weight is 1020 g/mol. The zero-order valence-corrected chi connectivity index (χ0v) is 42.7. The Morgan fingerprint density at radius 2 is 1.67 bits per heavy atom. The molecule has 2 saturated carbocycles. The van der Waals surface area contributed by atoms with E-state index in [9.17, 15) is 19.5 Å². The van der Waals surface area contributed by atoms with Gasteiger partial charge < -0.3 is 35.4 Å². The van der Waals surface area contributed by atoms with E-state index in [-0.39, 0.29) is 64.8 Å². The number of rotatable bonds is 15. The van der Waals surface area contributed by atoms with Crippen LogP contribution in [-0.2, 0) is 17.4 Å². The first-order valence-corrected chi connectivity index (χ1v) is 26.5. The molecule has 73 heavy (non-hydrogen) atoms. The van der Waals surface area contributed by atoms with Gasteiger partial charge in [0.1, 0.15) is 18.2 Å². The number of aliphatic hydroxyl groups excluding tert-OH is 1. The van der Waals surface area contributed by atoms with Crippen LogP contribution >= 0.6 is 11.6 Å². The SMILES string of the molecule is C[C@H]1c2c(cc(F)c(Cl)c2-c2c(C(N)=O)ccc(OCCO)c2F)O[C@]1(CNC1CCC(N(C)C2CCC(CN3CCC(c4ccc5c(N6CCC(=O)NC6=O)nn(C)c5c4)CC3)CC2)CC1)c1ccccc1. The number of aryl methyl sites for hydroxylation is 1. The molecule has 5 N–H and O–H groups in total. The lowest BCUT2D eigenvalue weighted by molar-refractivity contribution is -0.120. The zero-order valence-electron chi connectivity index (χ0n) is 42.0. The van der Waals surface area contributed by atoms with Crippen molar-refractivity contribution >= 4 is 46.2 Å². The first-order valence-electron chi connectivity index (χ1n) is 26.1. The molecule has 3 aliphatic heterocycles. The maximum Gasteiger partial charge on any atom is 0.329 e. The Bertz CT molecular complexity index is 2860. The fraction of sp³-hybridized carbons (Fsp3) is 0.500. The first-order chi connectivity index (χ1) is 35.2. The van der Waals surface area contributed by atoms with Gasteiger partial charge in [0.15, 0.2) is 23.0 Å². The first kappa shape index (κ1) is 50.9. The molecule has 17 heteroatoms. The topological polar surface area (TPSA) is 168 Å². The van der Waals surface area contributed by atoms with Gasteiger partial charge in [-0.25, -0.2) is 13.6 Å². The Labute approximate surface area is 430 Å². The number of benzene rings is 4. The summed E-state index contributed by atoms with van der Waals surface area (Å²) in [5.74, 6) is -1.68. The molecule has 4 heterocycles. The summed E-state index contributed by atoms with van der Waals surface area (Å²) in [6.07, 6.45) is 11.5. The molecule has 4 aromatic carbocycles. The third-order valence-corrected chi connectivity index (χ3v) is 17.3. The van der Waals surface area contributed by atoms with Crippen LogP contribution in [0.15, 0.2) is 66.7 Å². The third kappa shape index (κ3) is 9.93. The summed E-state index contributed by atoms with van der Waals surface area (Å²) in [4.78, 5) is 44.0. The van der Waals surface area contributed by atoms with Crippen molar-refractivity contribution < 1.29 is 37.7 Å². The number of nitrogens with one attached hydrogen (secondary N) is 2. The molecule has 5 aliphatic rings. The number of carbonyl (C=O) groups is 3. The van der Waals surface area contributed by atoms with Crippen molar-refractivity contribution in [2.45, 2.75) is 113 Å². The average Bonchev–Trinajstić information content (AvgIpc) is 3.88. The minimum Gasteiger partial charge on any atom is -0.488 e. The van der Waals surface area contributed by atoms with E-state index in [1.54, 1.807) is 4.90 Å². The van der Waals surface area contributed by atoms with Gasteiger partial charge in [0.25, 0.3) is 0 Å². The van der Waals surface area contributed by atoms with Crippen LogP contribution in [0.4, 0.5) is 19.4 Å². The van der Waals surface area contributed by atoms with Crippen molar-refractivity contribution in [3.8, 4) is 22.6 Å². The van der Waals surface area contributed by atoms with Gasteiger partial charge in [-0.15, -0.1) is 0 Å². The molecular formula is C56H67ClF2N8O6. The van der Waals surface area contributed by atoms with Crippen LogP contribution in [0.2, 0.25) is 5.02 Å². The number of likely N-dealkylation sites (tertiary alicyclic amines) is 1. The van der Waals surface area contributed by atoms with Gasteiger partial charge in [-0.1, -0.05) is 54.9 Å². The van der Waals surface area contributed by atoms with Gasteiger partial charge in [0.05, 0.1) is 22.7 Å². The number of carbonyl (C=O) groups excluding carboxylic acids is 3. The Balaban J connectivity index is 0.730. The number of amides is 4. The number of imide groups is 1. The number of aliphatic hydroxyl groups is 1. The van der Waals surface area contributed by atoms with Crippen LogP contribution in [0.1, 0.15) is 116 Å². The summed E-state index contributed by atoms with van der Waals surface area (Å²) in [7, 11) is 4.23. The number of hydrogen-bond acceptors (Lipinski definition) is 10. The van der Waals surface area contributed by atoms with Gasteiger partial charge >= 0.3 is 6.03 Å². The zero-order chi connectivity index (χ0) is 51.1. The number of halogens is 3. The highest BCUT2D eigenvalue weighted by Gasteiger charge is 2.50. The third-order valence-electron chi connectivity index (χ3n) is 16.9. The number of urea groups is 1. The van der Waals surface area contributed by atoms with Crippen LogP contribution < -0.4 is 30.7 Å². The molecule has 2 saturated heterocycles. The van der Waals surface area contributed by atoms with Gasteiger partial charge in [0, 0.05) is 85.3 Å². The Morgan fingerprint density at radius 3 is 2.36 bits per heavy atom. The number of primary amides is 1. The predicted molar refractivity (Wildman–Crippen MR) is 277 cm³/mol. The van der Waals surface area contributed by atoms with Crippen LogP contribution in [0.3, 0.4) is 0 Å². The van der Waals surface area contributed by atoms with E-state index in [4.69, 9.17) is 26.8 Å². The number of aromatic nitrogens is 2. The molecule has 2 atom stereocenters. The largest absolute Gasteiger partial charge is 0.488 e. The Hall–Kier alpha value is -5.65. The monoisotopic (exact) mass is 1020 g/mol. The molecule has 0 unspecified atom stereocenters. The summed E-state index contributed by atoms with van der Waals surface area (Å²) in [6, 6.07) is 21.0. The quantitative estimate of drug-likeness (QED) is 0.0797. The summed E-state index contributed by atoms with van der Waals surface area (Å²) >= 11 is 6.75. The van der Waals surface area contributed by atoms with Crippen LogP contribution in [0.25, 0.3) is 22.0 Å². The van der Waals surface area contributed by atoms with E-state index >= 15 is 8.78 Å². The van der Waals surface area contributed by atoms with E-state index in [1.165, 1.54) is 49.4 Å². The number of anilines is 1. The molecule has 0 radical (unpaired) electrons. The fourth-order valence-corrected chi connectivity index (χ4v) is 13.0. The number of ether oxygens (including phenoxy) is 2. The summed E-state index contributed by atoms with van der Waals surface area (Å²) in [5, 5.41) is 20.9. The standard InChI is InChI=1S/C56H67ClF2N8O6/c1-33-48-46(30-43(58)51(57)50(48)49-42(53(60)70)19-20-45(52(49)59)72-28-27-68)73-56(33,37-7-5-4-6-8-37)32-61-38-12-16-40(17-13-38)64(2)39-14-9-34(10-15-39)31-66-24-21-35(22-25-66)36-11-18-41-44(29-36)65(3)63-54(41)67-26-23-47(69)62-55(67)71/h4-8,11,18-20,29-30,33-35,38-40,61,68H,9-10,12-17,21-28,31-32H2,1-3H3,(H2,60,70)(H,62,69,71)/t33-,34?,38?,39?,40?,56-/m0/s1. The van der Waals surface area contributed by atoms with Crippen LogP contribution in [-0.4, -0.2) is 114 Å². The van der Waals surface area contributed by atoms with Crippen molar-refractivity contribution in [1.82, 2.24) is 30.2 Å². The van der Waals surface area contributed by atoms with Crippen LogP contribution in [0.5, 0.6) is 11.5 Å². The van der Waals surface area contributed by atoms with Crippen molar-refractivity contribution in [3.05, 3.63) is 106 Å². The molecule has 4 amide bonds. The van der Waals surface area contributed by atoms with Gasteiger partial charge in [-0.3, -0.25) is 24.5 Å². The lowest BCUT2D eigenvalue weighted by Crippen LogP contribution is -2.50. The summed E-state index contributed by atoms with van der Waals surface area (Å²) < 4.78 is 46.6. The molecule has 0 spiro atoms. The molecule has 2 aliphatic carbocycles. The van der Waals surface area contributed by atoms with E-state index in [2.05, 4.69) is 50.8 Å². The fourth-order valence-electron chi connectivity index (χ4n) is 12.8. The minimum atomic E-state index is -1.03. The molecular weight excluding hydrogens is 954 g/mol. The number of nitrogens with zero attached hydrogens (tertiary/aromatic N) is 5. The van der Waals surface area contributed by atoms with Crippen molar-refractivity contribution in [2.75, 3.05) is 57.9 Å². The predicted octanol–water partition coefficient (Wildman–Crippen LogP) is 8.75. The van der Waals surface area contributed by atoms with Gasteiger partial charge in [0.2, 0.25) is 11.8 Å². The van der Waals surface area contributed by atoms with Gasteiger partial charge in [-0.2, -0.15) is 5.10 Å². The normalized spacial score (nSPS) is 25.0. The smallest absolute Gasteiger partial charge is 0.329 e. The summed E-state index contributed by atoms with van der Waals surface area (Å²) in [6.45, 7) is 5.45. The second kappa shape index (κ2) is 21.3. The maximum absolute atomic E-state index is 16.5. The van der Waals surface area contributed by atoms with E-state index in [0.717, 1.165) is 74.6 Å². The van der Waals surface area contributed by atoms with Crippen molar-refractivity contribution in [3.63, 3.8) is 0 Å². The molecule has 4 fully saturated rings. The lowest BCUT2D eigenvalue weighted by Gasteiger charge is -2.43. The molecule has 0 bridgehead atoms. The number of hydrogen-bond donors (Lipinski definition) is 4. The summed E-state index contributed by atoms with van der Waals surface area (Å²) in [5.41, 5.74) is 7.92. The number of fused-ring (bicyclic) bond motifs is 2. The highest BCUT2D eigenvalue weighted by atomic mass is 35.5. The van der Waals surface area contributed by atoms with Crippen molar-refractivity contribution in [2.24, 2.45) is 18.7 Å². The number of piperidine rings is 1. The van der Waals surface area contributed by atoms with E-state index in [1.807, 2.05) is 49.0 Å². The molecule has 14 nitrogen and oxygen atoms in total. The maximum atomic E-state index is 16.5. The molecule has 388 valence electrons. The Kier molecular flexibility index (Phi) is 14.8. The van der Waals surface area contributed by atoms with Gasteiger partial charge in [-0.05, 0) is 132 Å². The highest BCUT2D eigenvalue weighted by Crippen LogP contribution is 2.56. The lowest BCUT2D eigenvalue weighted by atomic mass is 9.77. The van der Waals surface area contributed by atoms with E-state index < -0.39 is 35.1 Å². The molecule has 1 aromatic heterocycles. The van der Waals surface area contributed by atoms with Crippen molar-refractivity contribution in [1.29, 1.82) is 0 Å². The van der Waals surface area contributed by atoms with Crippen LogP contribution in [0, 0.1) is 17.6 Å². The highest BCUT2D eigenvalue weighted by molar-refractivity contribution is 6.34.